The van der Waals surface area contributed by atoms with Crippen LogP contribution in [0.3, 0.4) is 0 Å². The van der Waals surface area contributed by atoms with Crippen molar-refractivity contribution in [3.63, 3.8) is 0 Å². The van der Waals surface area contributed by atoms with Gasteiger partial charge in [0.2, 0.25) is 0 Å². The first-order chi connectivity index (χ1) is 13.1. The van der Waals surface area contributed by atoms with Gasteiger partial charge in [0.15, 0.2) is 14.3 Å². The Labute approximate surface area is 190 Å². The van der Waals surface area contributed by atoms with Crippen LogP contribution in [0, 0.1) is 5.41 Å². The lowest BCUT2D eigenvalue weighted by molar-refractivity contribution is 0.124. The van der Waals surface area contributed by atoms with Crippen molar-refractivity contribution in [2.75, 3.05) is 13.4 Å². The molecule has 0 saturated heterocycles. The molecule has 2 unspecified atom stereocenters. The van der Waals surface area contributed by atoms with Crippen LogP contribution in [0.5, 0.6) is 0 Å². The molecule has 0 N–H and O–H groups in total. The van der Waals surface area contributed by atoms with E-state index in [1.807, 2.05) is 18.2 Å². The zero-order valence-electron chi connectivity index (χ0n) is 15.4. The minimum Gasteiger partial charge on any atom is -0.362 e. The zero-order valence-corrected chi connectivity index (χ0v) is 21.0. The number of rotatable bonds is 4. The van der Waals surface area contributed by atoms with Gasteiger partial charge < -0.3 is 4.74 Å². The highest BCUT2D eigenvalue weighted by molar-refractivity contribution is 9.15. The molecule has 3 nitrogen and oxygen atoms in total. The quantitative estimate of drug-likeness (QED) is 0.409. The molecule has 0 bridgehead atoms. The summed E-state index contributed by atoms with van der Waals surface area (Å²) in [5.41, 5.74) is 4.59. The molecule has 1 spiro atoms. The SMILES string of the molecule is COC1(Br)C=CC(C2=CC3(C=C2c2ccc(S(C)(=O)=O)cc2)CC3)=C(Br)C1Br. The molecule has 28 heavy (non-hydrogen) atoms. The van der Waals surface area contributed by atoms with Crippen LogP contribution in [0.4, 0.5) is 0 Å². The van der Waals surface area contributed by atoms with E-state index in [-0.39, 0.29) is 10.2 Å². The minimum absolute atomic E-state index is 0.0736. The Kier molecular flexibility index (Phi) is 5.23. The smallest absolute Gasteiger partial charge is 0.175 e. The van der Waals surface area contributed by atoms with Gasteiger partial charge in [0.25, 0.3) is 0 Å². The normalized spacial score (nSPS) is 28.5. The number of alkyl halides is 2. The molecule has 1 saturated carbocycles. The molecule has 1 aromatic carbocycles. The Balaban J connectivity index is 1.76. The maximum Gasteiger partial charge on any atom is 0.175 e. The van der Waals surface area contributed by atoms with Gasteiger partial charge in [-0.15, -0.1) is 0 Å². The summed E-state index contributed by atoms with van der Waals surface area (Å²) in [6.45, 7) is 0. The molecule has 148 valence electrons. The van der Waals surface area contributed by atoms with E-state index in [9.17, 15) is 8.42 Å². The molecule has 0 aromatic heterocycles. The van der Waals surface area contributed by atoms with Crippen molar-refractivity contribution in [2.45, 2.75) is 27.1 Å². The van der Waals surface area contributed by atoms with Gasteiger partial charge in [-0.25, -0.2) is 8.42 Å². The van der Waals surface area contributed by atoms with Crippen LogP contribution in [-0.2, 0) is 14.6 Å². The first-order valence-corrected chi connectivity index (χ1v) is 13.2. The van der Waals surface area contributed by atoms with Crippen molar-refractivity contribution in [1.29, 1.82) is 0 Å². The van der Waals surface area contributed by atoms with Crippen molar-refractivity contribution in [3.05, 3.63) is 69.8 Å². The van der Waals surface area contributed by atoms with Gasteiger partial charge in [0, 0.05) is 23.3 Å². The van der Waals surface area contributed by atoms with Crippen molar-refractivity contribution in [3.8, 4) is 0 Å². The van der Waals surface area contributed by atoms with Crippen molar-refractivity contribution in [2.24, 2.45) is 5.41 Å². The second kappa shape index (κ2) is 7.05. The summed E-state index contributed by atoms with van der Waals surface area (Å²) in [7, 11) is -1.54. The number of halogens is 3. The van der Waals surface area contributed by atoms with Crippen molar-refractivity contribution < 1.29 is 13.2 Å². The maximum absolute atomic E-state index is 11.8. The summed E-state index contributed by atoms with van der Waals surface area (Å²) in [6, 6.07) is 7.16. The predicted molar refractivity (Wildman–Crippen MR) is 124 cm³/mol. The summed E-state index contributed by atoms with van der Waals surface area (Å²) in [5, 5.41) is 0. The van der Waals surface area contributed by atoms with Crippen LogP contribution in [-0.4, -0.2) is 31.1 Å². The molecule has 2 atom stereocenters. The fourth-order valence-electron chi connectivity index (χ4n) is 3.61. The zero-order chi connectivity index (χ0) is 20.3. The van der Waals surface area contributed by atoms with Gasteiger partial charge in [0.05, 0.1) is 9.72 Å². The number of ether oxygens (including phenoxy) is 1. The molecule has 1 fully saturated rings. The Morgan fingerprint density at radius 3 is 2.25 bits per heavy atom. The number of sulfone groups is 1. The third-order valence-corrected chi connectivity index (χ3v) is 10.9. The number of hydrogen-bond acceptors (Lipinski definition) is 3. The minimum atomic E-state index is -3.21. The molecule has 4 rings (SSSR count). The summed E-state index contributed by atoms with van der Waals surface area (Å²) >= 11 is 11.1. The molecule has 7 heteroatoms. The summed E-state index contributed by atoms with van der Waals surface area (Å²) in [6.07, 6.45) is 12.3. The highest BCUT2D eigenvalue weighted by Crippen LogP contribution is 2.58. The van der Waals surface area contributed by atoms with Crippen LogP contribution in [0.15, 0.2) is 69.1 Å². The molecule has 3 aliphatic carbocycles. The van der Waals surface area contributed by atoms with Gasteiger partial charge in [-0.2, -0.15) is 0 Å². The van der Waals surface area contributed by atoms with Gasteiger partial charge in [0.1, 0.15) is 0 Å². The number of methoxy groups -OCH3 is 1. The lowest BCUT2D eigenvalue weighted by Crippen LogP contribution is -2.34. The third-order valence-electron chi connectivity index (χ3n) is 5.48. The fourth-order valence-corrected chi connectivity index (χ4v) is 6.18. The van der Waals surface area contributed by atoms with Gasteiger partial charge in [-0.1, -0.05) is 62.2 Å². The standard InChI is InChI=1S/C21H19Br3O3S/c1-27-21(24)8-7-15(18(22)19(21)23)17-12-20(9-10-20)11-16(17)13-3-5-14(6-4-13)28(2,25)26/h3-8,11-12,19H,9-10H2,1-2H3. The number of benzene rings is 1. The first-order valence-electron chi connectivity index (χ1n) is 8.83. The number of hydrogen-bond donors (Lipinski definition) is 0. The third kappa shape index (κ3) is 3.58. The molecule has 0 aliphatic heterocycles. The summed E-state index contributed by atoms with van der Waals surface area (Å²) < 4.78 is 29.6. The van der Waals surface area contributed by atoms with E-state index in [0.717, 1.165) is 34.0 Å². The monoisotopic (exact) mass is 588 g/mol. The van der Waals surface area contributed by atoms with Crippen LogP contribution >= 0.6 is 47.8 Å². The van der Waals surface area contributed by atoms with E-state index in [2.05, 4.69) is 66.0 Å². The van der Waals surface area contributed by atoms with Gasteiger partial charge in [-0.3, -0.25) is 0 Å². The highest BCUT2D eigenvalue weighted by atomic mass is 79.9. The molecule has 0 heterocycles. The second-order valence-electron chi connectivity index (χ2n) is 7.51. The summed E-state index contributed by atoms with van der Waals surface area (Å²) in [4.78, 5) is 0.264. The molecule has 1 aromatic rings. The van der Waals surface area contributed by atoms with Crippen molar-refractivity contribution >= 4 is 63.2 Å². The lowest BCUT2D eigenvalue weighted by Gasteiger charge is -2.32. The largest absolute Gasteiger partial charge is 0.362 e. The highest BCUT2D eigenvalue weighted by Gasteiger charge is 2.45. The molecular formula is C21H19Br3O3S. The van der Waals surface area contributed by atoms with Gasteiger partial charge >= 0.3 is 0 Å². The Hall–Kier alpha value is -0.470. The topological polar surface area (TPSA) is 43.4 Å². The predicted octanol–water partition coefficient (Wildman–Crippen LogP) is 5.91. The van der Waals surface area contributed by atoms with E-state index in [0.29, 0.717) is 4.90 Å². The van der Waals surface area contributed by atoms with Gasteiger partial charge in [-0.05, 0) is 69.3 Å². The Morgan fingerprint density at radius 1 is 1.11 bits per heavy atom. The fraction of sp³-hybridized carbons (Fsp3) is 0.333. The number of allylic oxidation sites excluding steroid dienone is 6. The molecule has 3 aliphatic rings. The van der Waals surface area contributed by atoms with E-state index < -0.39 is 14.3 Å². The lowest BCUT2D eigenvalue weighted by atomic mass is 9.91. The van der Waals surface area contributed by atoms with E-state index >= 15 is 0 Å². The Bertz CT molecular complexity index is 1060. The molecular weight excluding hydrogens is 572 g/mol. The van der Waals surface area contributed by atoms with Crippen LogP contribution in [0.1, 0.15) is 18.4 Å². The van der Waals surface area contributed by atoms with E-state index in [1.165, 1.54) is 11.8 Å². The van der Waals surface area contributed by atoms with E-state index in [4.69, 9.17) is 4.74 Å². The van der Waals surface area contributed by atoms with E-state index in [1.54, 1.807) is 19.2 Å². The maximum atomic E-state index is 11.8. The van der Waals surface area contributed by atoms with Crippen LogP contribution < -0.4 is 0 Å². The average molecular weight is 591 g/mol. The second-order valence-corrected chi connectivity index (χ2v) is 12.5. The van der Waals surface area contributed by atoms with Crippen LogP contribution in [0.2, 0.25) is 0 Å². The average Bonchev–Trinajstić information content (AvgIpc) is 3.31. The first kappa shape index (κ1) is 20.8. The molecule has 0 radical (unpaired) electrons. The molecule has 0 amide bonds. The van der Waals surface area contributed by atoms with Crippen molar-refractivity contribution in [1.82, 2.24) is 0 Å². The Morgan fingerprint density at radius 2 is 1.71 bits per heavy atom. The summed E-state index contributed by atoms with van der Waals surface area (Å²) in [5.74, 6) is 0. The van der Waals surface area contributed by atoms with Crippen LogP contribution in [0.25, 0.3) is 5.57 Å².